The summed E-state index contributed by atoms with van der Waals surface area (Å²) < 4.78 is 21.5. The van der Waals surface area contributed by atoms with Crippen molar-refractivity contribution in [1.82, 2.24) is 4.98 Å². The van der Waals surface area contributed by atoms with E-state index in [-0.39, 0.29) is 13.2 Å². The Morgan fingerprint density at radius 2 is 1.83 bits per heavy atom. The van der Waals surface area contributed by atoms with Crippen molar-refractivity contribution in [3.63, 3.8) is 0 Å². The molecule has 0 saturated heterocycles. The first-order valence-corrected chi connectivity index (χ1v) is 9.10. The molecule has 7 nitrogen and oxygen atoms in total. The molecule has 2 heterocycles. The highest BCUT2D eigenvalue weighted by atomic mass is 16.6. The Morgan fingerprint density at radius 1 is 1.10 bits per heavy atom. The Morgan fingerprint density at radius 3 is 2.62 bits per heavy atom. The third-order valence-corrected chi connectivity index (χ3v) is 4.74. The first-order chi connectivity index (χ1) is 14.1. The second-order valence-corrected chi connectivity index (χ2v) is 6.54. The summed E-state index contributed by atoms with van der Waals surface area (Å²) in [7, 11) is 1.30. The summed E-state index contributed by atoms with van der Waals surface area (Å²) in [6.07, 6.45) is -0.895. The largest absolute Gasteiger partial charge is 0.485 e. The van der Waals surface area contributed by atoms with Crippen LogP contribution in [-0.2, 0) is 20.9 Å². The van der Waals surface area contributed by atoms with Gasteiger partial charge in [0.05, 0.1) is 23.9 Å². The van der Waals surface area contributed by atoms with Crippen molar-refractivity contribution >= 4 is 22.8 Å². The molecule has 29 heavy (non-hydrogen) atoms. The lowest BCUT2D eigenvalue weighted by Crippen LogP contribution is -2.37. The van der Waals surface area contributed by atoms with E-state index in [0.29, 0.717) is 28.3 Å². The normalized spacial score (nSPS) is 15.0. The average molecular weight is 393 g/mol. The molecule has 0 bridgehead atoms. The lowest BCUT2D eigenvalue weighted by atomic mass is 10.0. The molecule has 0 aliphatic carbocycles. The molecule has 0 radical (unpaired) electrons. The van der Waals surface area contributed by atoms with Gasteiger partial charge in [0.2, 0.25) is 6.10 Å². The van der Waals surface area contributed by atoms with Crippen molar-refractivity contribution in [2.24, 2.45) is 0 Å². The number of esters is 2. The fourth-order valence-electron chi connectivity index (χ4n) is 3.29. The van der Waals surface area contributed by atoms with Gasteiger partial charge >= 0.3 is 11.9 Å². The maximum Gasteiger partial charge on any atom is 0.351 e. The number of benzene rings is 2. The van der Waals surface area contributed by atoms with Gasteiger partial charge in [-0.2, -0.15) is 0 Å². The average Bonchev–Trinajstić information content (AvgIpc) is 2.76. The van der Waals surface area contributed by atoms with Gasteiger partial charge in [-0.15, -0.1) is 0 Å². The van der Waals surface area contributed by atoms with Crippen LogP contribution in [0.5, 0.6) is 11.5 Å². The molecule has 148 valence electrons. The van der Waals surface area contributed by atoms with Crippen molar-refractivity contribution in [3.8, 4) is 11.5 Å². The predicted molar refractivity (Wildman–Crippen MR) is 104 cm³/mol. The summed E-state index contributed by atoms with van der Waals surface area (Å²) >= 11 is 0. The summed E-state index contributed by atoms with van der Waals surface area (Å²) in [5.41, 5.74) is 2.05. The van der Waals surface area contributed by atoms with E-state index in [1.54, 1.807) is 18.2 Å². The van der Waals surface area contributed by atoms with Gasteiger partial charge in [-0.3, -0.25) is 0 Å². The number of rotatable bonds is 4. The van der Waals surface area contributed by atoms with Gasteiger partial charge in [-0.1, -0.05) is 30.3 Å². The predicted octanol–water partition coefficient (Wildman–Crippen LogP) is 3.21. The minimum Gasteiger partial charge on any atom is -0.485 e. The first-order valence-electron chi connectivity index (χ1n) is 9.10. The Balaban J connectivity index is 1.56. The first kappa shape index (κ1) is 18.7. The van der Waals surface area contributed by atoms with Gasteiger partial charge in [-0.25, -0.2) is 14.6 Å². The number of pyridine rings is 1. The van der Waals surface area contributed by atoms with E-state index in [2.05, 4.69) is 4.98 Å². The lowest BCUT2D eigenvalue weighted by molar-refractivity contribution is -0.156. The molecule has 4 rings (SSSR count). The third-order valence-electron chi connectivity index (χ3n) is 4.74. The maximum atomic E-state index is 12.5. The number of hydrogen-bond acceptors (Lipinski definition) is 7. The van der Waals surface area contributed by atoms with Crippen LogP contribution in [0.2, 0.25) is 0 Å². The van der Waals surface area contributed by atoms with Gasteiger partial charge in [0.15, 0.2) is 11.5 Å². The molecule has 2 aromatic carbocycles. The number of carbonyl (C=O) groups excluding carboxylic acids is 2. The number of hydrogen-bond donors (Lipinski definition) is 0. The fourth-order valence-corrected chi connectivity index (χ4v) is 3.29. The number of aryl methyl sites for hydroxylation is 1. The van der Waals surface area contributed by atoms with Crippen LogP contribution in [0.15, 0.2) is 48.5 Å². The molecule has 1 aliphatic heterocycles. The standard InChI is InChI=1S/C22H19NO6/c1-13-14-7-3-4-8-15(14)23-16(20(13)22(25)26-2)11-28-21(24)19-12-27-17-9-5-6-10-18(17)29-19/h3-10,19H,11-12H2,1-2H3/t19-/m1/s1. The van der Waals surface area contributed by atoms with Crippen LogP contribution in [0.4, 0.5) is 0 Å². The van der Waals surface area contributed by atoms with Gasteiger partial charge < -0.3 is 18.9 Å². The number of methoxy groups -OCH3 is 1. The molecule has 0 fully saturated rings. The van der Waals surface area contributed by atoms with Crippen LogP contribution in [-0.4, -0.2) is 36.7 Å². The highest BCUT2D eigenvalue weighted by molar-refractivity contribution is 5.98. The molecule has 3 aromatic rings. The van der Waals surface area contributed by atoms with Crippen molar-refractivity contribution in [2.45, 2.75) is 19.6 Å². The smallest absolute Gasteiger partial charge is 0.351 e. The zero-order valence-corrected chi connectivity index (χ0v) is 16.0. The Labute approximate surface area is 167 Å². The highest BCUT2D eigenvalue weighted by Gasteiger charge is 2.29. The number of carbonyl (C=O) groups is 2. The zero-order chi connectivity index (χ0) is 20.4. The Bertz CT molecular complexity index is 1090. The number of fused-ring (bicyclic) bond motifs is 2. The topological polar surface area (TPSA) is 84.0 Å². The third kappa shape index (κ3) is 3.59. The number of ether oxygens (including phenoxy) is 4. The van der Waals surface area contributed by atoms with Gasteiger partial charge in [0.1, 0.15) is 13.2 Å². The molecule has 1 aliphatic rings. The SMILES string of the molecule is COC(=O)c1c(COC(=O)[C@H]2COc3ccccc3O2)nc2ccccc2c1C. The molecule has 1 atom stereocenters. The van der Waals surface area contributed by atoms with Crippen molar-refractivity contribution in [3.05, 3.63) is 65.4 Å². The molecule has 0 amide bonds. The van der Waals surface area contributed by atoms with Crippen molar-refractivity contribution in [1.29, 1.82) is 0 Å². The second-order valence-electron chi connectivity index (χ2n) is 6.54. The van der Waals surface area contributed by atoms with Gasteiger partial charge in [-0.05, 0) is 30.7 Å². The van der Waals surface area contributed by atoms with E-state index < -0.39 is 18.0 Å². The molecule has 7 heteroatoms. The van der Waals surface area contributed by atoms with Crippen LogP contribution in [0, 0.1) is 6.92 Å². The summed E-state index contributed by atoms with van der Waals surface area (Å²) in [6, 6.07) is 14.5. The van der Waals surface area contributed by atoms with Crippen LogP contribution in [0.1, 0.15) is 21.6 Å². The van der Waals surface area contributed by atoms with E-state index >= 15 is 0 Å². The van der Waals surface area contributed by atoms with Crippen LogP contribution in [0.25, 0.3) is 10.9 Å². The summed E-state index contributed by atoms with van der Waals surface area (Å²) in [5, 5.41) is 0.837. The monoisotopic (exact) mass is 393 g/mol. The van der Waals surface area contributed by atoms with E-state index in [9.17, 15) is 9.59 Å². The zero-order valence-electron chi connectivity index (χ0n) is 16.0. The summed E-state index contributed by atoms with van der Waals surface area (Å²) in [6.45, 7) is 1.68. The fraction of sp³-hybridized carbons (Fsp3) is 0.227. The molecule has 0 N–H and O–H groups in total. The minimum absolute atomic E-state index is 0.0455. The van der Waals surface area contributed by atoms with Crippen molar-refractivity contribution in [2.75, 3.05) is 13.7 Å². The summed E-state index contributed by atoms with van der Waals surface area (Å²) in [4.78, 5) is 29.4. The Hall–Kier alpha value is -3.61. The Kier molecular flexibility index (Phi) is 5.03. The van der Waals surface area contributed by atoms with Gasteiger partial charge in [0, 0.05) is 5.39 Å². The van der Waals surface area contributed by atoms with Crippen LogP contribution < -0.4 is 9.47 Å². The van der Waals surface area contributed by atoms with E-state index in [4.69, 9.17) is 18.9 Å². The van der Waals surface area contributed by atoms with E-state index in [0.717, 1.165) is 10.9 Å². The molecular weight excluding hydrogens is 374 g/mol. The number of aromatic nitrogens is 1. The second kappa shape index (κ2) is 7.79. The minimum atomic E-state index is -0.895. The van der Waals surface area contributed by atoms with Crippen LogP contribution >= 0.6 is 0 Å². The molecule has 0 saturated carbocycles. The van der Waals surface area contributed by atoms with Crippen LogP contribution in [0.3, 0.4) is 0 Å². The number of nitrogens with zero attached hydrogens (tertiary/aromatic N) is 1. The molecule has 1 aromatic heterocycles. The number of para-hydroxylation sites is 3. The molecular formula is C22H19NO6. The van der Waals surface area contributed by atoms with Crippen molar-refractivity contribution < 1.29 is 28.5 Å². The quantitative estimate of drug-likeness (QED) is 0.629. The highest BCUT2D eigenvalue weighted by Crippen LogP contribution is 2.31. The summed E-state index contributed by atoms with van der Waals surface area (Å²) in [5.74, 6) is -0.0621. The lowest BCUT2D eigenvalue weighted by Gasteiger charge is -2.25. The van der Waals surface area contributed by atoms with E-state index in [1.165, 1.54) is 7.11 Å². The van der Waals surface area contributed by atoms with E-state index in [1.807, 2.05) is 37.3 Å². The molecule has 0 unspecified atom stereocenters. The van der Waals surface area contributed by atoms with Gasteiger partial charge in [0.25, 0.3) is 0 Å². The maximum absolute atomic E-state index is 12.5. The molecule has 0 spiro atoms.